The van der Waals surface area contributed by atoms with Gasteiger partial charge in [0.2, 0.25) is 0 Å². The molecule has 0 radical (unpaired) electrons. The molecule has 3 unspecified atom stereocenters. The van der Waals surface area contributed by atoms with Crippen molar-refractivity contribution in [2.24, 2.45) is 17.4 Å². The minimum Gasteiger partial charge on any atom is -0.326 e. The van der Waals surface area contributed by atoms with Gasteiger partial charge in [0.05, 0.1) is 0 Å². The van der Waals surface area contributed by atoms with Crippen LogP contribution in [0.2, 0.25) is 0 Å². The lowest BCUT2D eigenvalue weighted by molar-refractivity contribution is 0.306. The van der Waals surface area contributed by atoms with E-state index in [9.17, 15) is 0 Å². The molecule has 2 heteroatoms. The molecule has 0 aromatic heterocycles. The minimum absolute atomic E-state index is 0.0198. The molecule has 114 valence electrons. The Morgan fingerprint density at radius 2 is 1.77 bits per heavy atom. The lowest BCUT2D eigenvalue weighted by atomic mass is 9.65. The maximum absolute atomic E-state index is 6.59. The van der Waals surface area contributed by atoms with Crippen LogP contribution in [0.5, 0.6) is 0 Å². The molecule has 22 heavy (non-hydrogen) atoms. The Morgan fingerprint density at radius 1 is 0.955 bits per heavy atom. The van der Waals surface area contributed by atoms with Crippen LogP contribution in [-0.2, 0) is 0 Å². The van der Waals surface area contributed by atoms with Gasteiger partial charge in [-0.05, 0) is 47.9 Å². The zero-order valence-electron chi connectivity index (χ0n) is 12.9. The zero-order chi connectivity index (χ0) is 15.1. The number of nitrogens with two attached hydrogens (primary N) is 2. The highest BCUT2D eigenvalue weighted by atomic mass is 14.8. The summed E-state index contributed by atoms with van der Waals surface area (Å²) in [6.07, 6.45) is 7.25. The van der Waals surface area contributed by atoms with Crippen molar-refractivity contribution < 1.29 is 0 Å². The summed E-state index contributed by atoms with van der Waals surface area (Å²) in [5.74, 6) is 0.910. The van der Waals surface area contributed by atoms with E-state index in [0.717, 1.165) is 6.42 Å². The summed E-state index contributed by atoms with van der Waals surface area (Å²) in [6.45, 7) is 0. The van der Waals surface area contributed by atoms with Gasteiger partial charge >= 0.3 is 0 Å². The average Bonchev–Trinajstić information content (AvgIpc) is 2.56. The number of rotatable bonds is 1. The Kier molecular flexibility index (Phi) is 3.51. The lowest BCUT2D eigenvalue weighted by Crippen LogP contribution is -2.51. The highest BCUT2D eigenvalue weighted by Crippen LogP contribution is 2.45. The minimum atomic E-state index is 0.0198. The van der Waals surface area contributed by atoms with Crippen LogP contribution in [0.3, 0.4) is 0 Å². The summed E-state index contributed by atoms with van der Waals surface area (Å²) in [7, 11) is 0. The van der Waals surface area contributed by atoms with Gasteiger partial charge < -0.3 is 11.5 Å². The fourth-order valence-electron chi connectivity index (χ4n) is 4.46. The van der Waals surface area contributed by atoms with E-state index in [1.54, 1.807) is 5.57 Å². The van der Waals surface area contributed by atoms with Gasteiger partial charge in [0.25, 0.3) is 0 Å². The van der Waals surface area contributed by atoms with Gasteiger partial charge in [-0.2, -0.15) is 0 Å². The van der Waals surface area contributed by atoms with Crippen molar-refractivity contribution >= 4 is 10.8 Å². The third kappa shape index (κ3) is 2.18. The predicted octanol–water partition coefficient (Wildman–Crippen LogP) is 3.71. The van der Waals surface area contributed by atoms with Crippen molar-refractivity contribution in [3.8, 4) is 0 Å². The van der Waals surface area contributed by atoms with Gasteiger partial charge in [-0.1, -0.05) is 54.1 Å². The van der Waals surface area contributed by atoms with Gasteiger partial charge in [-0.3, -0.25) is 0 Å². The Bertz CT molecular complexity index is 713. The topological polar surface area (TPSA) is 52.0 Å². The molecule has 4 N–H and O–H groups in total. The average molecular weight is 292 g/mol. The van der Waals surface area contributed by atoms with Crippen LogP contribution >= 0.6 is 0 Å². The molecule has 2 aliphatic rings. The fraction of sp³-hybridized carbons (Fsp3) is 0.400. The summed E-state index contributed by atoms with van der Waals surface area (Å²) in [5, 5.41) is 2.61. The Labute approximate surface area is 132 Å². The van der Waals surface area contributed by atoms with E-state index in [-0.39, 0.29) is 18.0 Å². The van der Waals surface area contributed by atoms with E-state index >= 15 is 0 Å². The van der Waals surface area contributed by atoms with Crippen LogP contribution in [0.1, 0.15) is 37.2 Å². The molecule has 0 amide bonds. The van der Waals surface area contributed by atoms with Crippen molar-refractivity contribution in [1.82, 2.24) is 0 Å². The second kappa shape index (κ2) is 5.53. The Hall–Kier alpha value is -1.64. The number of fused-ring (bicyclic) bond motifs is 2. The molecule has 0 bridgehead atoms. The first-order chi connectivity index (χ1) is 10.8. The molecule has 0 saturated heterocycles. The van der Waals surface area contributed by atoms with Gasteiger partial charge in [-0.15, -0.1) is 0 Å². The fourth-order valence-corrected chi connectivity index (χ4v) is 4.46. The van der Waals surface area contributed by atoms with E-state index < -0.39 is 0 Å². The van der Waals surface area contributed by atoms with Crippen molar-refractivity contribution in [3.63, 3.8) is 0 Å². The van der Waals surface area contributed by atoms with Crippen molar-refractivity contribution in [2.45, 2.75) is 43.7 Å². The summed E-state index contributed by atoms with van der Waals surface area (Å²) >= 11 is 0. The molecule has 0 aliphatic heterocycles. The second-order valence-corrected chi connectivity index (χ2v) is 6.85. The van der Waals surface area contributed by atoms with Gasteiger partial charge in [0.1, 0.15) is 0 Å². The van der Waals surface area contributed by atoms with Crippen molar-refractivity contribution in [3.05, 3.63) is 59.7 Å². The standard InChI is InChI=1S/C20H24N2/c21-18-12-14-7-2-4-10-16(14)19(20(18)22)17-11-5-8-13-6-1-3-9-15(13)17/h1,3,5-6,8-11,14,18-20H,2,4,7,12,21-22H2/t14?,18?,19-,20?/m1/s1. The SMILES string of the molecule is NC1CC2CCCC=C2[C@H](c2cccc3ccccc23)C1N. The third-order valence-electron chi connectivity index (χ3n) is 5.56. The Morgan fingerprint density at radius 3 is 2.68 bits per heavy atom. The molecule has 1 fully saturated rings. The molecule has 0 spiro atoms. The predicted molar refractivity (Wildman–Crippen MR) is 92.7 cm³/mol. The van der Waals surface area contributed by atoms with Crippen LogP contribution in [-0.4, -0.2) is 12.1 Å². The summed E-state index contributed by atoms with van der Waals surface area (Å²) in [5.41, 5.74) is 15.9. The molecule has 1 saturated carbocycles. The van der Waals surface area contributed by atoms with E-state index in [2.05, 4.69) is 48.5 Å². The van der Waals surface area contributed by atoms with Crippen LogP contribution < -0.4 is 11.5 Å². The van der Waals surface area contributed by atoms with Crippen LogP contribution in [0.4, 0.5) is 0 Å². The molecular formula is C20H24N2. The maximum atomic E-state index is 6.59. The molecule has 2 nitrogen and oxygen atoms in total. The monoisotopic (exact) mass is 292 g/mol. The molecule has 4 atom stereocenters. The smallest absolute Gasteiger partial charge is 0.0300 e. The number of allylic oxidation sites excluding steroid dienone is 1. The third-order valence-corrected chi connectivity index (χ3v) is 5.56. The summed E-state index contributed by atoms with van der Waals surface area (Å²) < 4.78 is 0. The van der Waals surface area contributed by atoms with Crippen molar-refractivity contribution in [2.75, 3.05) is 0 Å². The van der Waals surface area contributed by atoms with Crippen LogP contribution in [0, 0.1) is 5.92 Å². The molecule has 2 aromatic carbocycles. The lowest BCUT2D eigenvalue weighted by Gasteiger charge is -2.43. The van der Waals surface area contributed by atoms with E-state index in [1.165, 1.54) is 35.6 Å². The number of hydrogen-bond acceptors (Lipinski definition) is 2. The first-order valence-electron chi connectivity index (χ1n) is 8.44. The summed E-state index contributed by atoms with van der Waals surface area (Å²) in [4.78, 5) is 0. The Balaban J connectivity index is 1.88. The molecule has 2 aromatic rings. The second-order valence-electron chi connectivity index (χ2n) is 6.85. The highest BCUT2D eigenvalue weighted by molar-refractivity contribution is 5.86. The van der Waals surface area contributed by atoms with E-state index in [1.807, 2.05) is 0 Å². The normalized spacial score (nSPS) is 31.6. The largest absolute Gasteiger partial charge is 0.326 e. The van der Waals surface area contributed by atoms with Crippen molar-refractivity contribution in [1.29, 1.82) is 0 Å². The van der Waals surface area contributed by atoms with E-state index in [4.69, 9.17) is 11.5 Å². The number of benzene rings is 2. The van der Waals surface area contributed by atoms with Gasteiger partial charge in [0.15, 0.2) is 0 Å². The van der Waals surface area contributed by atoms with Crippen LogP contribution in [0.15, 0.2) is 54.1 Å². The molecule has 2 aliphatic carbocycles. The summed E-state index contributed by atoms with van der Waals surface area (Å²) in [6, 6.07) is 15.3. The molecule has 4 rings (SSSR count). The molecular weight excluding hydrogens is 268 g/mol. The maximum Gasteiger partial charge on any atom is 0.0300 e. The highest BCUT2D eigenvalue weighted by Gasteiger charge is 2.39. The van der Waals surface area contributed by atoms with Crippen LogP contribution in [0.25, 0.3) is 10.8 Å². The first-order valence-corrected chi connectivity index (χ1v) is 8.44. The van der Waals surface area contributed by atoms with E-state index in [0.29, 0.717) is 5.92 Å². The first kappa shape index (κ1) is 14.0. The quantitative estimate of drug-likeness (QED) is 0.787. The van der Waals surface area contributed by atoms with Gasteiger partial charge in [0, 0.05) is 18.0 Å². The molecule has 0 heterocycles. The zero-order valence-corrected chi connectivity index (χ0v) is 12.9. The van der Waals surface area contributed by atoms with Gasteiger partial charge in [-0.25, -0.2) is 0 Å². The number of hydrogen-bond donors (Lipinski definition) is 2.